The molecule has 0 fully saturated rings. The topological polar surface area (TPSA) is 113 Å². The summed E-state index contributed by atoms with van der Waals surface area (Å²) in [4.78, 5) is 12.3. The second-order valence-electron chi connectivity index (χ2n) is 5.39. The van der Waals surface area contributed by atoms with Crippen LogP contribution in [0.4, 0.5) is 16.2 Å². The van der Waals surface area contributed by atoms with Gasteiger partial charge in [0.2, 0.25) is 10.0 Å². The summed E-state index contributed by atoms with van der Waals surface area (Å²) in [5.41, 5.74) is 5.30. The minimum Gasteiger partial charge on any atom is -0.504 e. The number of benzene rings is 2. The fourth-order valence-corrected chi connectivity index (χ4v) is 4.45. The lowest BCUT2D eigenvalue weighted by atomic mass is 10.2. The van der Waals surface area contributed by atoms with Crippen molar-refractivity contribution in [2.45, 2.75) is 18.2 Å². The predicted octanol–water partition coefficient (Wildman–Crippen LogP) is 4.26. The Balaban J connectivity index is 2.71. The van der Waals surface area contributed by atoms with Gasteiger partial charge in [0.05, 0.1) is 26.4 Å². The van der Waals surface area contributed by atoms with Gasteiger partial charge in [-0.2, -0.15) is 0 Å². The number of hydrogen-bond acceptors (Lipinski definition) is 4. The van der Waals surface area contributed by atoms with Gasteiger partial charge in [-0.1, -0.05) is 47.8 Å². The van der Waals surface area contributed by atoms with Gasteiger partial charge in [0.25, 0.3) is 0 Å². The minimum absolute atomic E-state index is 0.000770. The summed E-state index contributed by atoms with van der Waals surface area (Å²) < 4.78 is 27.3. The maximum atomic E-state index is 12.5. The first-order valence-electron chi connectivity index (χ1n) is 7.66. The Kier molecular flexibility index (Phi) is 6.82. The third-order valence-electron chi connectivity index (χ3n) is 3.51. The standard InChI is InChI=1S/C16H16Cl3N3O4S/c1-2-8-21-27(25,26)15-10(18)6-7-12(14(15)23)22(16(20)24)11-5-3-4-9(17)13(11)19/h3-7,21,23H,2,8H2,1H3,(H2,20,24). The van der Waals surface area contributed by atoms with Crippen molar-refractivity contribution in [2.24, 2.45) is 5.73 Å². The van der Waals surface area contributed by atoms with Gasteiger partial charge in [-0.25, -0.2) is 17.9 Å². The molecule has 2 rings (SSSR count). The Hall–Kier alpha value is -1.71. The van der Waals surface area contributed by atoms with Crippen LogP contribution < -0.4 is 15.4 Å². The Bertz CT molecular complexity index is 983. The normalized spacial score (nSPS) is 11.4. The first kappa shape index (κ1) is 21.6. The molecule has 146 valence electrons. The smallest absolute Gasteiger partial charge is 0.324 e. The van der Waals surface area contributed by atoms with Gasteiger partial charge in [0, 0.05) is 6.54 Å². The molecule has 0 bridgehead atoms. The summed E-state index contributed by atoms with van der Waals surface area (Å²) in [6.07, 6.45) is 0.531. The summed E-state index contributed by atoms with van der Waals surface area (Å²) in [5.74, 6) is -0.749. The molecule has 27 heavy (non-hydrogen) atoms. The van der Waals surface area contributed by atoms with Crippen molar-refractivity contribution >= 4 is 62.2 Å². The second kappa shape index (κ2) is 8.53. The molecule has 0 aliphatic rings. The van der Waals surface area contributed by atoms with Crippen LogP contribution in [-0.4, -0.2) is 26.1 Å². The Morgan fingerprint density at radius 2 is 1.81 bits per heavy atom. The minimum atomic E-state index is -4.14. The number of aromatic hydroxyl groups is 1. The molecule has 0 aromatic heterocycles. The van der Waals surface area contributed by atoms with E-state index in [2.05, 4.69) is 4.72 Å². The highest BCUT2D eigenvalue weighted by Gasteiger charge is 2.29. The number of nitrogens with one attached hydrogen (secondary N) is 1. The van der Waals surface area contributed by atoms with Gasteiger partial charge >= 0.3 is 6.03 Å². The number of nitrogens with two attached hydrogens (primary N) is 1. The van der Waals surface area contributed by atoms with E-state index in [0.29, 0.717) is 6.42 Å². The average molecular weight is 453 g/mol. The Morgan fingerprint density at radius 1 is 1.15 bits per heavy atom. The number of urea groups is 1. The number of halogens is 3. The molecule has 0 saturated carbocycles. The van der Waals surface area contributed by atoms with Crippen molar-refractivity contribution in [3.8, 4) is 5.75 Å². The van der Waals surface area contributed by atoms with Crippen LogP contribution in [0.15, 0.2) is 35.2 Å². The second-order valence-corrected chi connectivity index (χ2v) is 8.28. The SMILES string of the molecule is CCCNS(=O)(=O)c1c(Cl)ccc(N(C(N)=O)c2cccc(Cl)c2Cl)c1O. The number of hydrogen-bond donors (Lipinski definition) is 3. The fourth-order valence-electron chi connectivity index (χ4n) is 2.31. The molecule has 0 aliphatic heterocycles. The number of phenols is 1. The first-order valence-corrected chi connectivity index (χ1v) is 10.3. The third kappa shape index (κ3) is 4.41. The number of anilines is 2. The molecule has 2 aromatic carbocycles. The quantitative estimate of drug-likeness (QED) is 0.608. The zero-order chi connectivity index (χ0) is 20.4. The van der Waals surface area contributed by atoms with Gasteiger partial charge in [0.15, 0.2) is 5.75 Å². The highest BCUT2D eigenvalue weighted by atomic mass is 35.5. The highest BCUT2D eigenvalue weighted by Crippen LogP contribution is 2.43. The van der Waals surface area contributed by atoms with Crippen molar-refractivity contribution in [3.63, 3.8) is 0 Å². The van der Waals surface area contributed by atoms with Gasteiger partial charge in [-0.05, 0) is 30.7 Å². The van der Waals surface area contributed by atoms with Crippen LogP contribution in [0.5, 0.6) is 5.75 Å². The summed E-state index contributed by atoms with van der Waals surface area (Å²) in [6.45, 7) is 1.92. The lowest BCUT2D eigenvalue weighted by molar-refractivity contribution is 0.256. The van der Waals surface area contributed by atoms with E-state index in [1.807, 2.05) is 0 Å². The van der Waals surface area contributed by atoms with Crippen LogP contribution in [0.1, 0.15) is 13.3 Å². The summed E-state index contributed by atoms with van der Waals surface area (Å²) in [5, 5.41) is 10.5. The molecule has 0 heterocycles. The van der Waals surface area contributed by atoms with E-state index in [4.69, 9.17) is 40.5 Å². The molecule has 2 aromatic rings. The number of carbonyl (C=O) groups is 1. The van der Waals surface area contributed by atoms with Gasteiger partial charge < -0.3 is 10.8 Å². The van der Waals surface area contributed by atoms with Crippen LogP contribution in [0.3, 0.4) is 0 Å². The Labute approximate surface area is 171 Å². The zero-order valence-electron chi connectivity index (χ0n) is 14.0. The average Bonchev–Trinajstić information content (AvgIpc) is 2.58. The largest absolute Gasteiger partial charge is 0.504 e. The molecule has 0 spiro atoms. The maximum Gasteiger partial charge on any atom is 0.324 e. The van der Waals surface area contributed by atoms with Gasteiger partial charge in [-0.15, -0.1) is 0 Å². The van der Waals surface area contributed by atoms with Crippen molar-refractivity contribution in [1.29, 1.82) is 0 Å². The number of rotatable bonds is 6. The maximum absolute atomic E-state index is 12.5. The number of nitrogens with zero attached hydrogens (tertiary/aromatic N) is 1. The van der Waals surface area contributed by atoms with E-state index in [9.17, 15) is 18.3 Å². The number of phenolic OH excluding ortho intramolecular Hbond substituents is 1. The molecule has 0 unspecified atom stereocenters. The van der Waals surface area contributed by atoms with E-state index < -0.39 is 26.7 Å². The number of amides is 2. The molecule has 0 atom stereocenters. The Morgan fingerprint density at radius 3 is 2.41 bits per heavy atom. The van der Waals surface area contributed by atoms with Crippen molar-refractivity contribution in [3.05, 3.63) is 45.4 Å². The molecule has 7 nitrogen and oxygen atoms in total. The first-order chi connectivity index (χ1) is 12.6. The molecular weight excluding hydrogens is 437 g/mol. The number of sulfonamides is 1. The van der Waals surface area contributed by atoms with E-state index >= 15 is 0 Å². The zero-order valence-corrected chi connectivity index (χ0v) is 17.1. The summed E-state index contributed by atoms with van der Waals surface area (Å²) in [6, 6.07) is 5.92. The van der Waals surface area contributed by atoms with E-state index in [-0.39, 0.29) is 33.0 Å². The molecule has 2 amide bonds. The van der Waals surface area contributed by atoms with E-state index in [1.165, 1.54) is 30.3 Å². The fraction of sp³-hybridized carbons (Fsp3) is 0.188. The highest BCUT2D eigenvalue weighted by molar-refractivity contribution is 7.89. The van der Waals surface area contributed by atoms with Crippen LogP contribution in [0, 0.1) is 0 Å². The van der Waals surface area contributed by atoms with Gasteiger partial charge in [-0.3, -0.25) is 4.90 Å². The molecule has 4 N–H and O–H groups in total. The number of primary amides is 1. The van der Waals surface area contributed by atoms with E-state index in [1.54, 1.807) is 6.92 Å². The molecule has 11 heteroatoms. The number of carbonyl (C=O) groups excluding carboxylic acids is 1. The predicted molar refractivity (Wildman–Crippen MR) is 107 cm³/mol. The lowest BCUT2D eigenvalue weighted by Crippen LogP contribution is -2.32. The lowest BCUT2D eigenvalue weighted by Gasteiger charge is -2.24. The third-order valence-corrected chi connectivity index (χ3v) is 6.28. The van der Waals surface area contributed by atoms with E-state index in [0.717, 1.165) is 4.90 Å². The van der Waals surface area contributed by atoms with Gasteiger partial charge in [0.1, 0.15) is 4.90 Å². The summed E-state index contributed by atoms with van der Waals surface area (Å²) >= 11 is 18.1. The van der Waals surface area contributed by atoms with Crippen LogP contribution >= 0.6 is 34.8 Å². The van der Waals surface area contributed by atoms with Crippen LogP contribution in [0.2, 0.25) is 15.1 Å². The van der Waals surface area contributed by atoms with Crippen LogP contribution in [0.25, 0.3) is 0 Å². The van der Waals surface area contributed by atoms with Crippen molar-refractivity contribution in [1.82, 2.24) is 4.72 Å². The van der Waals surface area contributed by atoms with Crippen molar-refractivity contribution in [2.75, 3.05) is 11.4 Å². The monoisotopic (exact) mass is 451 g/mol. The molecule has 0 saturated heterocycles. The molecule has 0 aliphatic carbocycles. The van der Waals surface area contributed by atoms with Crippen molar-refractivity contribution < 1.29 is 18.3 Å². The summed E-state index contributed by atoms with van der Waals surface area (Å²) in [7, 11) is -4.14. The molecule has 0 radical (unpaired) electrons. The van der Waals surface area contributed by atoms with Crippen LogP contribution in [-0.2, 0) is 10.0 Å². The molecular formula is C16H16Cl3N3O4S.